The van der Waals surface area contributed by atoms with E-state index in [1.807, 2.05) is 0 Å². The summed E-state index contributed by atoms with van der Waals surface area (Å²) in [4.78, 5) is 22.3. The first-order valence-corrected chi connectivity index (χ1v) is 6.30. The molecule has 0 rings (SSSR count). The topological polar surface area (TPSA) is 52.6 Å². The van der Waals surface area contributed by atoms with Crippen LogP contribution < -0.4 is 0 Å². The molecule has 1 unspecified atom stereocenters. The molecule has 20 heavy (non-hydrogen) atoms. The van der Waals surface area contributed by atoms with Crippen molar-refractivity contribution in [3.05, 3.63) is 12.7 Å². The van der Waals surface area contributed by atoms with E-state index in [0.29, 0.717) is 6.42 Å². The Morgan fingerprint density at radius 1 is 1.20 bits per heavy atom. The third-order valence-electron chi connectivity index (χ3n) is 2.37. The summed E-state index contributed by atoms with van der Waals surface area (Å²) in [6, 6.07) is 0. The third kappa shape index (κ3) is 9.41. The molecule has 0 saturated heterocycles. The number of halogens is 3. The molecule has 0 aliphatic rings. The number of unbranched alkanes of at least 4 members (excludes halogenated alkanes) is 2. The molecule has 0 radical (unpaired) electrons. The first-order valence-electron chi connectivity index (χ1n) is 6.30. The Bertz CT molecular complexity index is 326. The molecule has 116 valence electrons. The van der Waals surface area contributed by atoms with E-state index < -0.39 is 30.6 Å². The van der Waals surface area contributed by atoms with E-state index in [-0.39, 0.29) is 13.0 Å². The summed E-state index contributed by atoms with van der Waals surface area (Å²) in [5.41, 5.74) is 0. The number of carbonyl (C=O) groups excluding carboxylic acids is 2. The fourth-order valence-electron chi connectivity index (χ4n) is 1.18. The number of carbonyl (C=O) groups is 2. The van der Waals surface area contributed by atoms with Gasteiger partial charge < -0.3 is 9.47 Å². The van der Waals surface area contributed by atoms with Gasteiger partial charge >= 0.3 is 18.1 Å². The van der Waals surface area contributed by atoms with Crippen LogP contribution in [0.2, 0.25) is 0 Å². The molecule has 0 fully saturated rings. The SMILES string of the molecule is C=CCCCCOC(=O)CCC(=O)OC(C)C(F)(F)F. The van der Waals surface area contributed by atoms with Crippen molar-refractivity contribution in [1.82, 2.24) is 0 Å². The Morgan fingerprint density at radius 2 is 1.80 bits per heavy atom. The number of rotatable bonds is 9. The molecule has 0 heterocycles. The molecule has 0 N–H and O–H groups in total. The first kappa shape index (κ1) is 18.5. The van der Waals surface area contributed by atoms with Crippen molar-refractivity contribution in [2.75, 3.05) is 6.61 Å². The minimum Gasteiger partial charge on any atom is -0.466 e. The van der Waals surface area contributed by atoms with E-state index in [4.69, 9.17) is 4.74 Å². The Balaban J connectivity index is 3.73. The van der Waals surface area contributed by atoms with Crippen LogP contribution in [-0.4, -0.2) is 30.8 Å². The summed E-state index contributed by atoms with van der Waals surface area (Å²) in [5.74, 6) is -1.70. The molecule has 0 aromatic heterocycles. The van der Waals surface area contributed by atoms with Crippen LogP contribution in [0.1, 0.15) is 39.0 Å². The summed E-state index contributed by atoms with van der Waals surface area (Å²) in [7, 11) is 0. The number of hydrogen-bond acceptors (Lipinski definition) is 4. The third-order valence-corrected chi connectivity index (χ3v) is 2.37. The van der Waals surface area contributed by atoms with E-state index in [1.165, 1.54) is 0 Å². The molecule has 0 aromatic rings. The van der Waals surface area contributed by atoms with Crippen molar-refractivity contribution in [2.45, 2.75) is 51.3 Å². The van der Waals surface area contributed by atoms with Gasteiger partial charge in [-0.3, -0.25) is 9.59 Å². The maximum Gasteiger partial charge on any atom is 0.425 e. The lowest BCUT2D eigenvalue weighted by molar-refractivity contribution is -0.216. The highest BCUT2D eigenvalue weighted by atomic mass is 19.4. The highest BCUT2D eigenvalue weighted by molar-refractivity contribution is 5.77. The summed E-state index contributed by atoms with van der Waals surface area (Å²) in [6.07, 6.45) is -3.41. The molecule has 0 amide bonds. The molecule has 0 spiro atoms. The first-order chi connectivity index (χ1) is 9.27. The van der Waals surface area contributed by atoms with E-state index in [0.717, 1.165) is 19.8 Å². The lowest BCUT2D eigenvalue weighted by atomic mass is 10.2. The molecule has 0 aliphatic carbocycles. The predicted octanol–water partition coefficient (Wildman–Crippen LogP) is 3.16. The van der Waals surface area contributed by atoms with Gasteiger partial charge in [-0.2, -0.15) is 13.2 Å². The molecule has 0 bridgehead atoms. The van der Waals surface area contributed by atoms with Crippen molar-refractivity contribution in [3.8, 4) is 0 Å². The summed E-state index contributed by atoms with van der Waals surface area (Å²) in [5, 5.41) is 0. The summed E-state index contributed by atoms with van der Waals surface area (Å²) < 4.78 is 45.3. The van der Waals surface area contributed by atoms with Crippen molar-refractivity contribution in [2.24, 2.45) is 0 Å². The van der Waals surface area contributed by atoms with Crippen LogP contribution >= 0.6 is 0 Å². The summed E-state index contributed by atoms with van der Waals surface area (Å²) in [6.45, 7) is 4.50. The Labute approximate surface area is 115 Å². The van der Waals surface area contributed by atoms with Gasteiger partial charge in [0.15, 0.2) is 6.10 Å². The van der Waals surface area contributed by atoms with Crippen molar-refractivity contribution < 1.29 is 32.2 Å². The van der Waals surface area contributed by atoms with Crippen molar-refractivity contribution in [1.29, 1.82) is 0 Å². The van der Waals surface area contributed by atoms with Crippen LogP contribution in [-0.2, 0) is 19.1 Å². The normalized spacial score (nSPS) is 12.6. The van der Waals surface area contributed by atoms with Gasteiger partial charge in [-0.25, -0.2) is 0 Å². The monoisotopic (exact) mass is 296 g/mol. The van der Waals surface area contributed by atoms with Gasteiger partial charge in [-0.1, -0.05) is 6.08 Å². The molecule has 7 heteroatoms. The van der Waals surface area contributed by atoms with E-state index in [2.05, 4.69) is 11.3 Å². The van der Waals surface area contributed by atoms with Crippen LogP contribution in [0.15, 0.2) is 12.7 Å². The van der Waals surface area contributed by atoms with E-state index >= 15 is 0 Å². The van der Waals surface area contributed by atoms with Crippen molar-refractivity contribution in [3.63, 3.8) is 0 Å². The second-order valence-corrected chi connectivity index (χ2v) is 4.18. The minimum absolute atomic E-state index is 0.223. The van der Waals surface area contributed by atoms with Crippen LogP contribution in [0.4, 0.5) is 13.2 Å². The molecular weight excluding hydrogens is 277 g/mol. The van der Waals surface area contributed by atoms with Crippen LogP contribution in [0.3, 0.4) is 0 Å². The molecule has 1 atom stereocenters. The molecule has 4 nitrogen and oxygen atoms in total. The summed E-state index contributed by atoms with van der Waals surface area (Å²) >= 11 is 0. The predicted molar refractivity (Wildman–Crippen MR) is 65.9 cm³/mol. The van der Waals surface area contributed by atoms with Crippen molar-refractivity contribution >= 4 is 11.9 Å². The highest BCUT2D eigenvalue weighted by Crippen LogP contribution is 2.22. The highest BCUT2D eigenvalue weighted by Gasteiger charge is 2.39. The number of alkyl halides is 3. The maximum atomic E-state index is 12.1. The van der Waals surface area contributed by atoms with Gasteiger partial charge in [0.25, 0.3) is 0 Å². The Morgan fingerprint density at radius 3 is 2.35 bits per heavy atom. The Kier molecular flexibility index (Phi) is 8.67. The molecule has 0 aliphatic heterocycles. The van der Waals surface area contributed by atoms with Crippen LogP contribution in [0, 0.1) is 0 Å². The fourth-order valence-corrected chi connectivity index (χ4v) is 1.18. The standard InChI is InChI=1S/C13H19F3O4/c1-3-4-5-6-9-19-11(17)7-8-12(18)20-10(2)13(14,15)16/h3,10H,1,4-9H2,2H3. The van der Waals surface area contributed by atoms with Gasteiger partial charge in [0, 0.05) is 0 Å². The van der Waals surface area contributed by atoms with Gasteiger partial charge in [-0.05, 0) is 26.2 Å². The second-order valence-electron chi connectivity index (χ2n) is 4.18. The quantitative estimate of drug-likeness (QED) is 0.372. The average Bonchev–Trinajstić information content (AvgIpc) is 2.35. The van der Waals surface area contributed by atoms with E-state index in [1.54, 1.807) is 6.08 Å². The average molecular weight is 296 g/mol. The molecular formula is C13H19F3O4. The number of ether oxygens (including phenoxy) is 2. The van der Waals surface area contributed by atoms with E-state index in [9.17, 15) is 22.8 Å². The zero-order valence-electron chi connectivity index (χ0n) is 11.4. The Hall–Kier alpha value is -1.53. The fraction of sp³-hybridized carbons (Fsp3) is 0.692. The molecule has 0 saturated carbocycles. The zero-order chi connectivity index (χ0) is 15.6. The van der Waals surface area contributed by atoms with Crippen LogP contribution in [0.25, 0.3) is 0 Å². The van der Waals surface area contributed by atoms with Gasteiger partial charge in [0.05, 0.1) is 19.4 Å². The number of esters is 2. The van der Waals surface area contributed by atoms with Gasteiger partial charge in [0.1, 0.15) is 0 Å². The van der Waals surface area contributed by atoms with Gasteiger partial charge in [-0.15, -0.1) is 6.58 Å². The largest absolute Gasteiger partial charge is 0.466 e. The lowest BCUT2D eigenvalue weighted by Crippen LogP contribution is -2.31. The zero-order valence-corrected chi connectivity index (χ0v) is 11.4. The maximum absolute atomic E-state index is 12.1. The van der Waals surface area contributed by atoms with Gasteiger partial charge in [0.2, 0.25) is 0 Å². The smallest absolute Gasteiger partial charge is 0.425 e. The molecule has 0 aromatic carbocycles. The number of hydrogen-bond donors (Lipinski definition) is 0. The number of allylic oxidation sites excluding steroid dienone is 1. The van der Waals surface area contributed by atoms with Crippen LogP contribution in [0.5, 0.6) is 0 Å². The second kappa shape index (κ2) is 9.39. The minimum atomic E-state index is -4.60. The lowest BCUT2D eigenvalue weighted by Gasteiger charge is -2.16.